The Kier molecular flexibility index (Phi) is 5.92. The monoisotopic (exact) mass is 400 g/mol. The molecule has 1 N–H and O–H groups in total. The molecule has 28 heavy (non-hydrogen) atoms. The van der Waals surface area contributed by atoms with Crippen LogP contribution in [0.1, 0.15) is 30.4 Å². The van der Waals surface area contributed by atoms with E-state index in [0.29, 0.717) is 18.7 Å². The van der Waals surface area contributed by atoms with Gasteiger partial charge in [-0.25, -0.2) is 8.42 Å². The van der Waals surface area contributed by atoms with E-state index >= 15 is 0 Å². The fourth-order valence-electron chi connectivity index (χ4n) is 3.14. The van der Waals surface area contributed by atoms with E-state index in [1.54, 1.807) is 24.3 Å². The maximum absolute atomic E-state index is 12.7. The van der Waals surface area contributed by atoms with E-state index in [1.807, 2.05) is 6.07 Å². The van der Waals surface area contributed by atoms with Crippen LogP contribution < -0.4 is 5.32 Å². The number of hydrogen-bond acceptors (Lipinski definition) is 6. The predicted octanol–water partition coefficient (Wildman–Crippen LogP) is 3.25. The van der Waals surface area contributed by atoms with Crippen molar-refractivity contribution in [2.75, 3.05) is 18.4 Å². The number of anilines is 1. The lowest BCUT2D eigenvalue weighted by atomic mass is 10.1. The topological polar surface area (TPSA) is 116 Å². The first-order valence-corrected chi connectivity index (χ1v) is 10.4. The van der Waals surface area contributed by atoms with Crippen molar-refractivity contribution in [1.82, 2.24) is 4.31 Å². The molecule has 0 amide bonds. The Bertz CT molecular complexity index is 1010. The number of sulfonamides is 1. The SMILES string of the molecule is N#Cc1ccc([N+](=O)[O-])c(NCc2ccc(S(=O)(=O)N3CCCCC3)cc2)c1. The van der Waals surface area contributed by atoms with Gasteiger partial charge in [-0.05, 0) is 42.7 Å². The fraction of sp³-hybridized carbons (Fsp3) is 0.316. The summed E-state index contributed by atoms with van der Waals surface area (Å²) in [6, 6.07) is 12.5. The van der Waals surface area contributed by atoms with E-state index < -0.39 is 14.9 Å². The van der Waals surface area contributed by atoms with Crippen molar-refractivity contribution < 1.29 is 13.3 Å². The van der Waals surface area contributed by atoms with Gasteiger partial charge in [0.1, 0.15) is 5.69 Å². The molecule has 0 radical (unpaired) electrons. The van der Waals surface area contributed by atoms with Gasteiger partial charge in [0, 0.05) is 25.7 Å². The van der Waals surface area contributed by atoms with Crippen molar-refractivity contribution in [1.29, 1.82) is 5.26 Å². The smallest absolute Gasteiger partial charge is 0.292 e. The highest BCUT2D eigenvalue weighted by atomic mass is 32.2. The van der Waals surface area contributed by atoms with Crippen LogP contribution in [0.15, 0.2) is 47.4 Å². The van der Waals surface area contributed by atoms with Crippen molar-refractivity contribution in [3.63, 3.8) is 0 Å². The molecule has 146 valence electrons. The number of nitro benzene ring substituents is 1. The molecule has 2 aromatic rings. The highest BCUT2D eigenvalue weighted by Gasteiger charge is 2.25. The van der Waals surface area contributed by atoms with Gasteiger partial charge >= 0.3 is 0 Å². The van der Waals surface area contributed by atoms with Gasteiger partial charge in [-0.3, -0.25) is 10.1 Å². The van der Waals surface area contributed by atoms with Crippen LogP contribution in [0.5, 0.6) is 0 Å². The highest BCUT2D eigenvalue weighted by molar-refractivity contribution is 7.89. The molecule has 9 heteroatoms. The number of piperidine rings is 1. The number of nitrogens with zero attached hydrogens (tertiary/aromatic N) is 3. The summed E-state index contributed by atoms with van der Waals surface area (Å²) in [6.07, 6.45) is 2.80. The van der Waals surface area contributed by atoms with Crippen molar-refractivity contribution in [3.8, 4) is 6.07 Å². The summed E-state index contributed by atoms with van der Waals surface area (Å²) in [5.41, 5.74) is 1.21. The van der Waals surface area contributed by atoms with Crippen LogP contribution in [0.4, 0.5) is 11.4 Å². The minimum absolute atomic E-state index is 0.122. The quantitative estimate of drug-likeness (QED) is 0.588. The fourth-order valence-corrected chi connectivity index (χ4v) is 4.65. The first-order chi connectivity index (χ1) is 13.4. The molecule has 0 aliphatic carbocycles. The number of nitrogens with one attached hydrogen (secondary N) is 1. The summed E-state index contributed by atoms with van der Waals surface area (Å²) in [5.74, 6) is 0. The zero-order chi connectivity index (χ0) is 20.1. The lowest BCUT2D eigenvalue weighted by Crippen LogP contribution is -2.35. The Morgan fingerprint density at radius 2 is 1.79 bits per heavy atom. The zero-order valence-corrected chi connectivity index (χ0v) is 16.0. The Morgan fingerprint density at radius 3 is 2.39 bits per heavy atom. The van der Waals surface area contributed by atoms with E-state index in [1.165, 1.54) is 22.5 Å². The molecule has 1 aliphatic heterocycles. The van der Waals surface area contributed by atoms with Crippen molar-refractivity contribution in [2.45, 2.75) is 30.7 Å². The van der Waals surface area contributed by atoms with Crippen LogP contribution in [0.3, 0.4) is 0 Å². The third-order valence-corrected chi connectivity index (χ3v) is 6.59. The molecule has 0 aromatic heterocycles. The number of nitriles is 1. The minimum atomic E-state index is -3.49. The lowest BCUT2D eigenvalue weighted by molar-refractivity contribution is -0.384. The number of benzene rings is 2. The van der Waals surface area contributed by atoms with Crippen molar-refractivity contribution in [3.05, 3.63) is 63.7 Å². The van der Waals surface area contributed by atoms with Crippen LogP contribution in [-0.2, 0) is 16.6 Å². The second kappa shape index (κ2) is 8.37. The van der Waals surface area contributed by atoms with Gasteiger partial charge in [0.2, 0.25) is 10.0 Å². The second-order valence-electron chi connectivity index (χ2n) is 6.56. The first-order valence-electron chi connectivity index (χ1n) is 8.93. The van der Waals surface area contributed by atoms with Crippen molar-refractivity contribution >= 4 is 21.4 Å². The van der Waals surface area contributed by atoms with E-state index in [4.69, 9.17) is 5.26 Å². The predicted molar refractivity (Wildman–Crippen MR) is 104 cm³/mol. The molecule has 0 bridgehead atoms. The molecule has 1 heterocycles. The summed E-state index contributed by atoms with van der Waals surface area (Å²) < 4.78 is 26.9. The summed E-state index contributed by atoms with van der Waals surface area (Å²) in [5, 5.41) is 23.1. The van der Waals surface area contributed by atoms with Gasteiger partial charge in [-0.2, -0.15) is 9.57 Å². The number of rotatable bonds is 6. The molecule has 0 saturated carbocycles. The molecule has 0 unspecified atom stereocenters. The molecule has 0 atom stereocenters. The van der Waals surface area contributed by atoms with Gasteiger partial charge in [0.05, 0.1) is 21.5 Å². The molecule has 3 rings (SSSR count). The number of hydrogen-bond donors (Lipinski definition) is 1. The summed E-state index contributed by atoms with van der Waals surface area (Å²) in [4.78, 5) is 10.9. The van der Waals surface area contributed by atoms with Crippen LogP contribution in [-0.4, -0.2) is 30.7 Å². The molecule has 1 saturated heterocycles. The van der Waals surface area contributed by atoms with Crippen LogP contribution >= 0.6 is 0 Å². The molecule has 2 aromatic carbocycles. The largest absolute Gasteiger partial charge is 0.375 e. The minimum Gasteiger partial charge on any atom is -0.375 e. The van der Waals surface area contributed by atoms with Gasteiger partial charge in [-0.1, -0.05) is 18.6 Å². The van der Waals surface area contributed by atoms with Gasteiger partial charge < -0.3 is 5.32 Å². The van der Waals surface area contributed by atoms with Gasteiger partial charge in [0.25, 0.3) is 5.69 Å². The third kappa shape index (κ3) is 4.30. The third-order valence-electron chi connectivity index (χ3n) is 4.68. The maximum atomic E-state index is 12.7. The maximum Gasteiger partial charge on any atom is 0.292 e. The summed E-state index contributed by atoms with van der Waals surface area (Å²) in [7, 11) is -3.49. The van der Waals surface area contributed by atoms with Gasteiger partial charge in [-0.15, -0.1) is 0 Å². The highest BCUT2D eigenvalue weighted by Crippen LogP contribution is 2.26. The molecule has 1 aliphatic rings. The summed E-state index contributed by atoms with van der Waals surface area (Å²) >= 11 is 0. The second-order valence-corrected chi connectivity index (χ2v) is 8.50. The first kappa shape index (κ1) is 19.8. The number of nitro groups is 1. The van der Waals surface area contributed by atoms with Crippen LogP contribution in [0.2, 0.25) is 0 Å². The normalized spacial score (nSPS) is 15.0. The van der Waals surface area contributed by atoms with Crippen LogP contribution in [0.25, 0.3) is 0 Å². The average Bonchev–Trinajstić information content (AvgIpc) is 2.72. The summed E-state index contributed by atoms with van der Waals surface area (Å²) in [6.45, 7) is 1.36. The van der Waals surface area contributed by atoms with E-state index in [0.717, 1.165) is 24.8 Å². The Hall–Kier alpha value is -2.96. The van der Waals surface area contributed by atoms with E-state index in [9.17, 15) is 18.5 Å². The molecular formula is C19H20N4O4S. The average molecular weight is 400 g/mol. The Labute approximate surface area is 163 Å². The molecule has 0 spiro atoms. The van der Waals surface area contributed by atoms with E-state index in [2.05, 4.69) is 5.32 Å². The van der Waals surface area contributed by atoms with Gasteiger partial charge in [0.15, 0.2) is 0 Å². The molecule has 8 nitrogen and oxygen atoms in total. The molecule has 1 fully saturated rings. The van der Waals surface area contributed by atoms with Crippen molar-refractivity contribution in [2.24, 2.45) is 0 Å². The zero-order valence-electron chi connectivity index (χ0n) is 15.2. The molecular weight excluding hydrogens is 380 g/mol. The van der Waals surface area contributed by atoms with Crippen LogP contribution in [0, 0.1) is 21.4 Å². The lowest BCUT2D eigenvalue weighted by Gasteiger charge is -2.25. The Balaban J connectivity index is 1.73. The Morgan fingerprint density at radius 1 is 1.11 bits per heavy atom. The standard InChI is InChI=1S/C19H20N4O4S/c20-13-16-6-9-19(23(24)25)18(12-16)21-14-15-4-7-17(8-5-15)28(26,27)22-10-2-1-3-11-22/h4-9,12,21H,1-3,10-11,14H2. The van der Waals surface area contributed by atoms with E-state index in [-0.39, 0.29) is 22.8 Å².